The van der Waals surface area contributed by atoms with Gasteiger partial charge in [-0.15, -0.1) is 0 Å². The fraction of sp³-hybridized carbons (Fsp3) is 0.308. The molecule has 1 saturated carbocycles. The minimum absolute atomic E-state index is 0.00420. The molecule has 0 bridgehead atoms. The van der Waals surface area contributed by atoms with Gasteiger partial charge in [0.15, 0.2) is 0 Å². The predicted molar refractivity (Wildman–Crippen MR) is 123 cm³/mol. The lowest BCUT2D eigenvalue weighted by atomic mass is 9.79. The van der Waals surface area contributed by atoms with Crippen LogP contribution in [0.5, 0.6) is 0 Å². The molecule has 0 saturated heterocycles. The molecule has 3 aromatic rings. The molecule has 2 aromatic carbocycles. The molecule has 9 heteroatoms. The molecule has 3 unspecified atom stereocenters. The van der Waals surface area contributed by atoms with Crippen molar-refractivity contribution in [3.63, 3.8) is 0 Å². The number of aliphatic hydroxyl groups is 1. The first kappa shape index (κ1) is 25.1. The monoisotopic (exact) mass is 506 g/mol. The fourth-order valence-corrected chi connectivity index (χ4v) is 4.67. The molecule has 1 aliphatic carbocycles. The molecule has 3 atom stereocenters. The van der Waals surface area contributed by atoms with Gasteiger partial charge in [0.25, 0.3) is 0 Å². The van der Waals surface area contributed by atoms with Crippen molar-refractivity contribution >= 4 is 17.5 Å². The van der Waals surface area contributed by atoms with Crippen LogP contribution >= 0.6 is 11.6 Å². The summed E-state index contributed by atoms with van der Waals surface area (Å²) in [6, 6.07) is 14.1. The predicted octanol–water partition coefficient (Wildman–Crippen LogP) is 5.66. The summed E-state index contributed by atoms with van der Waals surface area (Å²) >= 11 is 6.02. The SMILES string of the molecule is O=C(NC(Cc1ccccc1)(c1cc(F)cc(C(F)(F)F)c1)c1ccc(Cl)cn1)C1CCC(O)C1. The number of hydrogen-bond donors (Lipinski definition) is 2. The van der Waals surface area contributed by atoms with Gasteiger partial charge >= 0.3 is 6.18 Å². The summed E-state index contributed by atoms with van der Waals surface area (Å²) in [7, 11) is 0. The third-order valence-corrected chi connectivity index (χ3v) is 6.53. The molecule has 1 aliphatic rings. The molecular formula is C26H23ClF4N2O2. The van der Waals surface area contributed by atoms with E-state index in [-0.39, 0.29) is 24.1 Å². The molecule has 4 nitrogen and oxygen atoms in total. The van der Waals surface area contributed by atoms with Crippen LogP contribution < -0.4 is 5.32 Å². The van der Waals surface area contributed by atoms with Crippen molar-refractivity contribution < 1.29 is 27.5 Å². The first-order valence-corrected chi connectivity index (χ1v) is 11.5. The number of aromatic nitrogens is 1. The van der Waals surface area contributed by atoms with Crippen LogP contribution in [-0.4, -0.2) is 22.1 Å². The quantitative estimate of drug-likeness (QED) is 0.424. The number of halogens is 5. The molecule has 2 N–H and O–H groups in total. The Labute approximate surface area is 205 Å². The molecule has 1 aromatic heterocycles. The Morgan fingerprint density at radius 3 is 2.37 bits per heavy atom. The average molecular weight is 507 g/mol. The topological polar surface area (TPSA) is 62.2 Å². The zero-order valence-corrected chi connectivity index (χ0v) is 19.3. The van der Waals surface area contributed by atoms with E-state index in [2.05, 4.69) is 10.3 Å². The number of aliphatic hydroxyl groups excluding tert-OH is 1. The van der Waals surface area contributed by atoms with Gasteiger partial charge in [0, 0.05) is 18.5 Å². The number of hydrogen-bond acceptors (Lipinski definition) is 3. The summed E-state index contributed by atoms with van der Waals surface area (Å²) in [6.45, 7) is 0. The number of nitrogens with one attached hydrogen (secondary N) is 1. The maximum atomic E-state index is 14.6. The first-order valence-electron chi connectivity index (χ1n) is 11.1. The number of carbonyl (C=O) groups is 1. The lowest BCUT2D eigenvalue weighted by Gasteiger charge is -2.36. The maximum absolute atomic E-state index is 14.6. The Kier molecular flexibility index (Phi) is 7.15. The summed E-state index contributed by atoms with van der Waals surface area (Å²) in [5, 5.41) is 13.1. The molecule has 1 fully saturated rings. The van der Waals surface area contributed by atoms with Crippen LogP contribution in [0.4, 0.5) is 17.6 Å². The zero-order chi connectivity index (χ0) is 25.2. The van der Waals surface area contributed by atoms with Gasteiger partial charge in [-0.25, -0.2) is 4.39 Å². The minimum atomic E-state index is -4.80. The second kappa shape index (κ2) is 9.95. The van der Waals surface area contributed by atoms with Crippen LogP contribution in [0.15, 0.2) is 66.9 Å². The van der Waals surface area contributed by atoms with Crippen molar-refractivity contribution in [2.75, 3.05) is 0 Å². The summed E-state index contributed by atoms with van der Waals surface area (Å²) < 4.78 is 55.6. The maximum Gasteiger partial charge on any atom is 0.416 e. The van der Waals surface area contributed by atoms with Gasteiger partial charge in [-0.2, -0.15) is 13.2 Å². The van der Waals surface area contributed by atoms with Crippen LogP contribution in [0.25, 0.3) is 0 Å². The number of carbonyl (C=O) groups excluding carboxylic acids is 1. The lowest BCUT2D eigenvalue weighted by molar-refractivity contribution is -0.137. The van der Waals surface area contributed by atoms with Crippen molar-refractivity contribution in [2.24, 2.45) is 5.92 Å². The average Bonchev–Trinajstić information content (AvgIpc) is 3.25. The van der Waals surface area contributed by atoms with Crippen LogP contribution in [0.1, 0.15) is 41.6 Å². The number of rotatable bonds is 6. The molecular weight excluding hydrogens is 484 g/mol. The van der Waals surface area contributed by atoms with Gasteiger partial charge in [0.1, 0.15) is 11.4 Å². The van der Waals surface area contributed by atoms with E-state index in [4.69, 9.17) is 11.6 Å². The highest BCUT2D eigenvalue weighted by molar-refractivity contribution is 6.30. The number of amides is 1. The van der Waals surface area contributed by atoms with Crippen molar-refractivity contribution in [1.29, 1.82) is 0 Å². The molecule has 4 rings (SSSR count). The minimum Gasteiger partial charge on any atom is -0.393 e. The summed E-state index contributed by atoms with van der Waals surface area (Å²) in [5.74, 6) is -2.08. The lowest BCUT2D eigenvalue weighted by Crippen LogP contribution is -2.51. The Bertz CT molecular complexity index is 1190. The smallest absolute Gasteiger partial charge is 0.393 e. The molecule has 1 heterocycles. The van der Waals surface area contributed by atoms with E-state index >= 15 is 0 Å². The molecule has 0 aliphatic heterocycles. The molecule has 0 radical (unpaired) electrons. The molecule has 184 valence electrons. The van der Waals surface area contributed by atoms with Gasteiger partial charge in [-0.1, -0.05) is 41.9 Å². The number of nitrogens with zero attached hydrogens (tertiary/aromatic N) is 1. The van der Waals surface area contributed by atoms with Crippen LogP contribution in [-0.2, 0) is 22.9 Å². The largest absolute Gasteiger partial charge is 0.416 e. The van der Waals surface area contributed by atoms with Crippen molar-refractivity contribution in [2.45, 2.75) is 43.5 Å². The normalized spacial score (nSPS) is 19.8. The van der Waals surface area contributed by atoms with E-state index in [1.807, 2.05) is 0 Å². The fourth-order valence-electron chi connectivity index (χ4n) is 4.56. The third kappa shape index (κ3) is 5.65. The molecule has 1 amide bonds. The first-order chi connectivity index (χ1) is 16.6. The van der Waals surface area contributed by atoms with Gasteiger partial charge in [-0.3, -0.25) is 9.78 Å². The Morgan fingerprint density at radius 2 is 1.77 bits per heavy atom. The zero-order valence-electron chi connectivity index (χ0n) is 18.5. The Hall–Kier alpha value is -2.97. The van der Waals surface area contributed by atoms with Crippen molar-refractivity contribution in [3.8, 4) is 0 Å². The van der Waals surface area contributed by atoms with E-state index in [1.54, 1.807) is 30.3 Å². The molecule has 0 spiro atoms. The summed E-state index contributed by atoms with van der Waals surface area (Å²) in [5.41, 5.74) is -2.02. The standard InChI is InChI=1S/C26H23ClF4N2O2/c27-20-7-9-23(32-15-20)25(14-16-4-2-1-3-5-16,33-24(35)17-6-8-22(34)10-17)18-11-19(26(29,30)31)13-21(28)12-18/h1-5,7,9,11-13,15,17,22,34H,6,8,10,14H2,(H,33,35). The van der Waals surface area contributed by atoms with E-state index in [0.717, 1.165) is 12.1 Å². The number of alkyl halides is 3. The second-order valence-corrected chi connectivity index (χ2v) is 9.25. The highest BCUT2D eigenvalue weighted by Crippen LogP contribution is 2.38. The Balaban J connectivity index is 1.93. The third-order valence-electron chi connectivity index (χ3n) is 6.31. The molecule has 35 heavy (non-hydrogen) atoms. The second-order valence-electron chi connectivity index (χ2n) is 8.81. The van der Waals surface area contributed by atoms with Gasteiger partial charge in [-0.05, 0) is 60.7 Å². The van der Waals surface area contributed by atoms with E-state index in [9.17, 15) is 27.5 Å². The number of pyridine rings is 1. The van der Waals surface area contributed by atoms with E-state index in [0.29, 0.717) is 29.5 Å². The van der Waals surface area contributed by atoms with Crippen LogP contribution in [0, 0.1) is 11.7 Å². The van der Waals surface area contributed by atoms with Gasteiger partial charge in [0.05, 0.1) is 22.4 Å². The summed E-state index contributed by atoms with van der Waals surface area (Å²) in [4.78, 5) is 17.7. The highest BCUT2D eigenvalue weighted by Gasteiger charge is 2.42. The van der Waals surface area contributed by atoms with E-state index in [1.165, 1.54) is 18.3 Å². The summed E-state index contributed by atoms with van der Waals surface area (Å²) in [6.07, 6.45) is -2.99. The van der Waals surface area contributed by atoms with Crippen molar-refractivity contribution in [3.05, 3.63) is 100 Å². The van der Waals surface area contributed by atoms with Crippen LogP contribution in [0.2, 0.25) is 5.02 Å². The van der Waals surface area contributed by atoms with E-state index < -0.39 is 41.0 Å². The van der Waals surface area contributed by atoms with Crippen molar-refractivity contribution in [1.82, 2.24) is 10.3 Å². The highest BCUT2D eigenvalue weighted by atomic mass is 35.5. The number of benzene rings is 2. The van der Waals surface area contributed by atoms with Crippen LogP contribution in [0.3, 0.4) is 0 Å². The Morgan fingerprint density at radius 1 is 1.06 bits per heavy atom. The van der Waals surface area contributed by atoms with Gasteiger partial charge < -0.3 is 10.4 Å². The van der Waals surface area contributed by atoms with Gasteiger partial charge in [0.2, 0.25) is 5.91 Å².